The number of nitrogens with zero attached hydrogens (tertiary/aromatic N) is 1. The van der Waals surface area contributed by atoms with Crippen molar-refractivity contribution in [1.29, 1.82) is 0 Å². The number of hydrogen-bond acceptors (Lipinski definition) is 4. The summed E-state index contributed by atoms with van der Waals surface area (Å²) in [6.07, 6.45) is 0. The normalized spacial score (nSPS) is 10.4. The van der Waals surface area contributed by atoms with Gasteiger partial charge in [0, 0.05) is 36.5 Å². The van der Waals surface area contributed by atoms with Crippen molar-refractivity contribution in [3.05, 3.63) is 29.8 Å². The van der Waals surface area contributed by atoms with E-state index in [4.69, 9.17) is 9.47 Å². The number of hydrogen-bond donors (Lipinski definition) is 1. The molecule has 0 saturated carbocycles. The Kier molecular flexibility index (Phi) is 3.70. The van der Waals surface area contributed by atoms with Crippen LogP contribution in [0.3, 0.4) is 0 Å². The van der Waals surface area contributed by atoms with Gasteiger partial charge < -0.3 is 19.5 Å². The van der Waals surface area contributed by atoms with Gasteiger partial charge in [0.2, 0.25) is 0 Å². The molecule has 0 unspecified atom stereocenters. The Morgan fingerprint density at radius 2 is 1.75 bits per heavy atom. The van der Waals surface area contributed by atoms with Crippen molar-refractivity contribution < 1.29 is 19.4 Å². The zero-order valence-electron chi connectivity index (χ0n) is 11.9. The van der Waals surface area contributed by atoms with Crippen LogP contribution in [0.25, 0.3) is 10.8 Å². The highest BCUT2D eigenvalue weighted by atomic mass is 16.5. The van der Waals surface area contributed by atoms with Crippen molar-refractivity contribution in [2.75, 3.05) is 28.3 Å². The second kappa shape index (κ2) is 5.28. The summed E-state index contributed by atoms with van der Waals surface area (Å²) in [6.45, 7) is 0. The van der Waals surface area contributed by atoms with Gasteiger partial charge in [0.15, 0.2) is 0 Å². The molecule has 0 atom stereocenters. The number of amides is 1. The first-order chi connectivity index (χ1) is 9.47. The molecule has 20 heavy (non-hydrogen) atoms. The van der Waals surface area contributed by atoms with Gasteiger partial charge in [-0.1, -0.05) is 0 Å². The molecule has 2 aromatic carbocycles. The van der Waals surface area contributed by atoms with Gasteiger partial charge in [0.05, 0.1) is 14.2 Å². The molecule has 5 nitrogen and oxygen atoms in total. The van der Waals surface area contributed by atoms with E-state index in [1.54, 1.807) is 39.4 Å². The van der Waals surface area contributed by atoms with Crippen molar-refractivity contribution in [2.24, 2.45) is 0 Å². The van der Waals surface area contributed by atoms with E-state index in [-0.39, 0.29) is 11.7 Å². The largest absolute Gasteiger partial charge is 0.507 e. The number of fused-ring (bicyclic) bond motifs is 1. The highest BCUT2D eigenvalue weighted by Gasteiger charge is 2.15. The molecule has 1 amide bonds. The van der Waals surface area contributed by atoms with Crippen LogP contribution < -0.4 is 9.47 Å². The van der Waals surface area contributed by atoms with Crippen molar-refractivity contribution in [3.8, 4) is 17.2 Å². The summed E-state index contributed by atoms with van der Waals surface area (Å²) in [7, 11) is 6.40. The van der Waals surface area contributed by atoms with Gasteiger partial charge in [-0.3, -0.25) is 4.79 Å². The number of rotatable bonds is 3. The van der Waals surface area contributed by atoms with Gasteiger partial charge in [-0.25, -0.2) is 0 Å². The number of aromatic hydroxyl groups is 1. The maximum absolute atomic E-state index is 12.0. The van der Waals surface area contributed by atoms with Gasteiger partial charge in [0.1, 0.15) is 17.2 Å². The van der Waals surface area contributed by atoms with Crippen LogP contribution in [0.4, 0.5) is 0 Å². The molecular weight excluding hydrogens is 258 g/mol. The van der Waals surface area contributed by atoms with E-state index in [1.165, 1.54) is 18.1 Å². The molecule has 0 aliphatic rings. The van der Waals surface area contributed by atoms with Crippen LogP contribution in [0, 0.1) is 0 Å². The summed E-state index contributed by atoms with van der Waals surface area (Å²) < 4.78 is 10.5. The first kappa shape index (κ1) is 14.0. The fourth-order valence-corrected chi connectivity index (χ4v) is 2.05. The molecule has 106 valence electrons. The summed E-state index contributed by atoms with van der Waals surface area (Å²) in [5, 5.41) is 11.4. The molecular formula is C15H17NO4. The van der Waals surface area contributed by atoms with Crippen molar-refractivity contribution >= 4 is 16.7 Å². The molecule has 1 N–H and O–H groups in total. The van der Waals surface area contributed by atoms with Gasteiger partial charge >= 0.3 is 0 Å². The van der Waals surface area contributed by atoms with Gasteiger partial charge in [-0.05, 0) is 18.2 Å². The monoisotopic (exact) mass is 275 g/mol. The predicted octanol–water partition coefficient (Wildman–Crippen LogP) is 2.26. The zero-order valence-corrected chi connectivity index (χ0v) is 11.9. The minimum atomic E-state index is -0.180. The van der Waals surface area contributed by atoms with Crippen LogP contribution in [0.5, 0.6) is 17.2 Å². The third-order valence-electron chi connectivity index (χ3n) is 3.09. The summed E-state index contributed by atoms with van der Waals surface area (Å²) in [5.41, 5.74) is 0.406. The summed E-state index contributed by atoms with van der Waals surface area (Å²) in [4.78, 5) is 13.5. The van der Waals surface area contributed by atoms with E-state index in [0.717, 1.165) is 0 Å². The van der Waals surface area contributed by atoms with Crippen LogP contribution in [-0.4, -0.2) is 44.2 Å². The Morgan fingerprint density at radius 1 is 1.05 bits per heavy atom. The summed E-state index contributed by atoms with van der Waals surface area (Å²) in [5.74, 6) is 0.962. The maximum Gasteiger partial charge on any atom is 0.253 e. The molecule has 0 fully saturated rings. The van der Waals surface area contributed by atoms with Crippen molar-refractivity contribution in [1.82, 2.24) is 4.90 Å². The van der Waals surface area contributed by atoms with Crippen LogP contribution in [0.2, 0.25) is 0 Å². The lowest BCUT2D eigenvalue weighted by Crippen LogP contribution is -2.21. The number of phenolic OH excluding ortho intramolecular Hbond substituents is 1. The van der Waals surface area contributed by atoms with Crippen LogP contribution in [-0.2, 0) is 0 Å². The highest BCUT2D eigenvalue weighted by molar-refractivity contribution is 6.02. The Labute approximate surface area is 117 Å². The minimum Gasteiger partial charge on any atom is -0.507 e. The molecule has 0 aliphatic carbocycles. The lowest BCUT2D eigenvalue weighted by Gasteiger charge is -2.14. The molecule has 0 bridgehead atoms. The predicted molar refractivity (Wildman–Crippen MR) is 76.7 cm³/mol. The Bertz CT molecular complexity index is 664. The Balaban J connectivity index is 2.73. The lowest BCUT2D eigenvalue weighted by atomic mass is 10.0. The number of carbonyl (C=O) groups excluding carboxylic acids is 1. The second-order valence-electron chi connectivity index (χ2n) is 4.62. The van der Waals surface area contributed by atoms with E-state index >= 15 is 0 Å². The molecule has 0 aromatic heterocycles. The first-order valence-corrected chi connectivity index (χ1v) is 6.08. The van der Waals surface area contributed by atoms with Crippen molar-refractivity contribution in [3.63, 3.8) is 0 Å². The topological polar surface area (TPSA) is 59.0 Å². The Morgan fingerprint density at radius 3 is 2.30 bits per heavy atom. The van der Waals surface area contributed by atoms with Gasteiger partial charge in [0.25, 0.3) is 5.91 Å². The molecule has 0 spiro atoms. The van der Waals surface area contributed by atoms with Gasteiger partial charge in [-0.2, -0.15) is 0 Å². The summed E-state index contributed by atoms with van der Waals surface area (Å²) >= 11 is 0. The fourth-order valence-electron chi connectivity index (χ4n) is 2.05. The third-order valence-corrected chi connectivity index (χ3v) is 3.09. The highest BCUT2D eigenvalue weighted by Crippen LogP contribution is 2.37. The molecule has 0 saturated heterocycles. The maximum atomic E-state index is 12.0. The van der Waals surface area contributed by atoms with Crippen molar-refractivity contribution in [2.45, 2.75) is 0 Å². The first-order valence-electron chi connectivity index (χ1n) is 6.08. The van der Waals surface area contributed by atoms with Crippen LogP contribution in [0.1, 0.15) is 10.4 Å². The molecule has 0 aliphatic heterocycles. The molecule has 0 heterocycles. The molecule has 5 heteroatoms. The third kappa shape index (κ3) is 2.34. The lowest BCUT2D eigenvalue weighted by molar-refractivity contribution is 0.0827. The molecule has 2 aromatic rings. The quantitative estimate of drug-likeness (QED) is 0.933. The standard InChI is InChI=1S/C15H17NO4/c1-16(2)15(18)9-5-12-11(13(17)6-9)7-10(19-3)8-14(12)20-4/h5-8,17H,1-4H3. The fraction of sp³-hybridized carbons (Fsp3) is 0.267. The van der Waals surface area contributed by atoms with E-state index in [9.17, 15) is 9.90 Å². The van der Waals surface area contributed by atoms with E-state index in [1.807, 2.05) is 0 Å². The summed E-state index contributed by atoms with van der Waals surface area (Å²) in [6, 6.07) is 6.57. The SMILES string of the molecule is COc1cc(OC)c2cc(C(=O)N(C)C)cc(O)c2c1. The number of benzene rings is 2. The molecule has 2 rings (SSSR count). The second-order valence-corrected chi connectivity index (χ2v) is 4.62. The van der Waals surface area contributed by atoms with E-state index < -0.39 is 0 Å². The number of ether oxygens (including phenoxy) is 2. The van der Waals surface area contributed by atoms with Gasteiger partial charge in [-0.15, -0.1) is 0 Å². The number of methoxy groups -OCH3 is 2. The smallest absolute Gasteiger partial charge is 0.253 e. The minimum absolute atomic E-state index is 0.0184. The van der Waals surface area contributed by atoms with Crippen LogP contribution in [0.15, 0.2) is 24.3 Å². The average Bonchev–Trinajstić information content (AvgIpc) is 2.45. The van der Waals surface area contributed by atoms with Crippen LogP contribution >= 0.6 is 0 Å². The van der Waals surface area contributed by atoms with E-state index in [0.29, 0.717) is 27.8 Å². The zero-order chi connectivity index (χ0) is 14.9. The Hall–Kier alpha value is -2.43. The van der Waals surface area contributed by atoms with E-state index in [2.05, 4.69) is 0 Å². The average molecular weight is 275 g/mol. The number of phenols is 1. The molecule has 0 radical (unpaired) electrons. The number of carbonyl (C=O) groups is 1.